The van der Waals surface area contributed by atoms with Crippen molar-refractivity contribution in [1.82, 2.24) is 9.80 Å². The molecule has 0 atom stereocenters. The highest BCUT2D eigenvalue weighted by Gasteiger charge is 2.56. The van der Waals surface area contributed by atoms with Crippen LogP contribution in [0.2, 0.25) is 0 Å². The summed E-state index contributed by atoms with van der Waals surface area (Å²) in [6, 6.07) is 0.277. The second kappa shape index (κ2) is 5.36. The number of nitrogens with two attached hydrogens (primary N) is 1. The monoisotopic (exact) mass is 268 g/mol. The van der Waals surface area contributed by atoms with Crippen molar-refractivity contribution < 1.29 is 10.0 Å². The molecule has 1 aliphatic carbocycles. The minimum Gasteiger partial charge on any atom is -0.409 e. The van der Waals surface area contributed by atoms with E-state index in [1.54, 1.807) is 0 Å². The largest absolute Gasteiger partial charge is 0.409 e. The van der Waals surface area contributed by atoms with Crippen molar-refractivity contribution in [2.75, 3.05) is 26.7 Å². The van der Waals surface area contributed by atoms with E-state index < -0.39 is 5.41 Å². The minimum atomic E-state index is -0.717. The number of oxime groups is 1. The first-order chi connectivity index (χ1) is 9.05. The molecule has 0 aromatic rings. The molecule has 1 saturated heterocycles. The third-order valence-corrected chi connectivity index (χ3v) is 4.63. The Morgan fingerprint density at radius 1 is 1.47 bits per heavy atom. The zero-order valence-electron chi connectivity index (χ0n) is 11.8. The van der Waals surface area contributed by atoms with Gasteiger partial charge in [-0.15, -0.1) is 0 Å². The van der Waals surface area contributed by atoms with E-state index in [2.05, 4.69) is 17.0 Å². The van der Waals surface area contributed by atoms with Gasteiger partial charge < -0.3 is 20.7 Å². The molecule has 0 aromatic carbocycles. The van der Waals surface area contributed by atoms with E-state index in [-0.39, 0.29) is 17.8 Å². The van der Waals surface area contributed by atoms with E-state index >= 15 is 0 Å². The van der Waals surface area contributed by atoms with Crippen LogP contribution in [-0.2, 0) is 4.79 Å². The first-order valence-corrected chi connectivity index (χ1v) is 7.02. The number of piperidine rings is 1. The fourth-order valence-corrected chi connectivity index (χ4v) is 2.93. The number of nitrogens with zero attached hydrogens (tertiary/aromatic N) is 3. The Morgan fingerprint density at radius 3 is 2.47 bits per heavy atom. The number of carbonyl (C=O) groups excluding carboxylic acids is 1. The van der Waals surface area contributed by atoms with Crippen LogP contribution in [0.1, 0.15) is 32.6 Å². The number of hydrogen-bond acceptors (Lipinski definition) is 4. The van der Waals surface area contributed by atoms with Gasteiger partial charge in [-0.1, -0.05) is 12.1 Å². The van der Waals surface area contributed by atoms with Crippen molar-refractivity contribution in [3.63, 3.8) is 0 Å². The number of carbonyl (C=O) groups is 1. The smallest absolute Gasteiger partial charge is 0.236 e. The molecule has 2 rings (SSSR count). The normalized spacial score (nSPS) is 24.2. The predicted octanol–water partition coefficient (Wildman–Crippen LogP) is 0.456. The van der Waals surface area contributed by atoms with Crippen molar-refractivity contribution in [2.45, 2.75) is 38.6 Å². The number of rotatable bonds is 4. The van der Waals surface area contributed by atoms with E-state index in [0.29, 0.717) is 12.8 Å². The first kappa shape index (κ1) is 14.1. The number of amidine groups is 1. The molecule has 19 heavy (non-hydrogen) atoms. The predicted molar refractivity (Wildman–Crippen MR) is 73.0 cm³/mol. The molecule has 2 aliphatic rings. The summed E-state index contributed by atoms with van der Waals surface area (Å²) in [6.07, 6.45) is 3.39. The maximum absolute atomic E-state index is 12.5. The van der Waals surface area contributed by atoms with Crippen LogP contribution in [0.5, 0.6) is 0 Å². The average Bonchev–Trinajstić information content (AvgIpc) is 3.26. The first-order valence-electron chi connectivity index (χ1n) is 7.02. The summed E-state index contributed by atoms with van der Waals surface area (Å²) in [5.41, 5.74) is 4.95. The lowest BCUT2D eigenvalue weighted by atomic mass is 9.99. The highest BCUT2D eigenvalue weighted by molar-refractivity contribution is 6.09. The van der Waals surface area contributed by atoms with Gasteiger partial charge >= 0.3 is 0 Å². The molecular formula is C13H24N4O2. The molecule has 1 saturated carbocycles. The molecule has 1 aliphatic heterocycles. The number of hydrogen-bond donors (Lipinski definition) is 2. The van der Waals surface area contributed by atoms with Gasteiger partial charge in [-0.3, -0.25) is 4.79 Å². The summed E-state index contributed by atoms with van der Waals surface area (Å²) < 4.78 is 0. The lowest BCUT2D eigenvalue weighted by Crippen LogP contribution is -2.50. The lowest BCUT2D eigenvalue weighted by Gasteiger charge is -2.37. The maximum Gasteiger partial charge on any atom is 0.236 e. The molecule has 3 N–H and O–H groups in total. The van der Waals surface area contributed by atoms with Gasteiger partial charge in [0.15, 0.2) is 5.84 Å². The summed E-state index contributed by atoms with van der Waals surface area (Å²) >= 11 is 0. The Balaban J connectivity index is 1.97. The van der Waals surface area contributed by atoms with Gasteiger partial charge in [-0.2, -0.15) is 0 Å². The third kappa shape index (κ3) is 2.54. The lowest BCUT2D eigenvalue weighted by molar-refractivity contribution is -0.136. The van der Waals surface area contributed by atoms with Crippen molar-refractivity contribution in [1.29, 1.82) is 0 Å². The fourth-order valence-electron chi connectivity index (χ4n) is 2.93. The summed E-state index contributed by atoms with van der Waals surface area (Å²) in [5, 5.41) is 11.8. The Labute approximate surface area is 114 Å². The molecular weight excluding hydrogens is 244 g/mol. The standard InChI is InChI=1S/C13H24N4O2/c1-3-17-8-4-10(5-9-17)16(2)12(18)13(6-7-13)11(14)15-19/h10,19H,3-9H2,1-2H3,(H2,14,15). The molecule has 0 radical (unpaired) electrons. The Hall–Kier alpha value is -1.30. The summed E-state index contributed by atoms with van der Waals surface area (Å²) in [6.45, 7) is 5.30. The van der Waals surface area contributed by atoms with Crippen LogP contribution < -0.4 is 5.73 Å². The fraction of sp³-hybridized carbons (Fsp3) is 0.846. The average molecular weight is 268 g/mol. The molecule has 0 bridgehead atoms. The molecule has 0 aromatic heterocycles. The second-order valence-corrected chi connectivity index (χ2v) is 5.65. The molecule has 1 heterocycles. The van der Waals surface area contributed by atoms with E-state index in [4.69, 9.17) is 10.9 Å². The van der Waals surface area contributed by atoms with Gasteiger partial charge in [0.2, 0.25) is 5.91 Å². The van der Waals surface area contributed by atoms with Gasteiger partial charge in [0.25, 0.3) is 0 Å². The zero-order valence-corrected chi connectivity index (χ0v) is 11.8. The Kier molecular flexibility index (Phi) is 3.99. The maximum atomic E-state index is 12.5. The highest BCUT2D eigenvalue weighted by Crippen LogP contribution is 2.47. The van der Waals surface area contributed by atoms with Gasteiger partial charge in [-0.25, -0.2) is 0 Å². The van der Waals surface area contributed by atoms with Crippen molar-refractivity contribution in [3.8, 4) is 0 Å². The van der Waals surface area contributed by atoms with Crippen LogP contribution in [-0.4, -0.2) is 59.5 Å². The molecule has 2 fully saturated rings. The highest BCUT2D eigenvalue weighted by atomic mass is 16.4. The van der Waals surface area contributed by atoms with Crippen LogP contribution in [0.3, 0.4) is 0 Å². The summed E-state index contributed by atoms with van der Waals surface area (Å²) in [7, 11) is 1.85. The van der Waals surface area contributed by atoms with Crippen LogP contribution in [0.15, 0.2) is 5.16 Å². The number of amides is 1. The van der Waals surface area contributed by atoms with E-state index in [9.17, 15) is 4.79 Å². The summed E-state index contributed by atoms with van der Waals surface area (Å²) in [5.74, 6) is 0.0769. The van der Waals surface area contributed by atoms with Crippen molar-refractivity contribution in [3.05, 3.63) is 0 Å². The van der Waals surface area contributed by atoms with Gasteiger partial charge in [-0.05, 0) is 32.2 Å². The Bertz CT molecular complexity index is 371. The third-order valence-electron chi connectivity index (χ3n) is 4.63. The molecule has 0 unspecified atom stereocenters. The minimum absolute atomic E-state index is 0.0118. The molecule has 6 heteroatoms. The van der Waals surface area contributed by atoms with Crippen LogP contribution in [0.4, 0.5) is 0 Å². The Morgan fingerprint density at radius 2 is 2.05 bits per heavy atom. The molecule has 1 amide bonds. The van der Waals surface area contributed by atoms with Crippen LogP contribution >= 0.6 is 0 Å². The van der Waals surface area contributed by atoms with E-state index in [0.717, 1.165) is 32.5 Å². The van der Waals surface area contributed by atoms with Crippen molar-refractivity contribution >= 4 is 11.7 Å². The van der Waals surface area contributed by atoms with E-state index in [1.807, 2.05) is 11.9 Å². The van der Waals surface area contributed by atoms with Gasteiger partial charge in [0.1, 0.15) is 5.41 Å². The van der Waals surface area contributed by atoms with Crippen molar-refractivity contribution in [2.24, 2.45) is 16.3 Å². The van der Waals surface area contributed by atoms with Crippen LogP contribution in [0, 0.1) is 5.41 Å². The quantitative estimate of drug-likeness (QED) is 0.336. The van der Waals surface area contributed by atoms with Gasteiger partial charge in [0, 0.05) is 26.2 Å². The second-order valence-electron chi connectivity index (χ2n) is 5.65. The summed E-state index contributed by atoms with van der Waals surface area (Å²) in [4.78, 5) is 16.7. The SMILES string of the molecule is CCN1CCC(N(C)C(=O)C2(C(N)=NO)CC2)CC1. The zero-order chi connectivity index (χ0) is 14.0. The topological polar surface area (TPSA) is 82.2 Å². The van der Waals surface area contributed by atoms with E-state index in [1.165, 1.54) is 0 Å². The number of likely N-dealkylation sites (tertiary alicyclic amines) is 1. The molecule has 6 nitrogen and oxygen atoms in total. The molecule has 108 valence electrons. The van der Waals surface area contributed by atoms with Crippen LogP contribution in [0.25, 0.3) is 0 Å². The van der Waals surface area contributed by atoms with Gasteiger partial charge in [0.05, 0.1) is 0 Å². The molecule has 0 spiro atoms.